The van der Waals surface area contributed by atoms with Gasteiger partial charge in [-0.1, -0.05) is 60.7 Å². The molecule has 0 fully saturated rings. The molecule has 0 aliphatic carbocycles. The van der Waals surface area contributed by atoms with E-state index in [1.165, 1.54) is 0 Å². The van der Waals surface area contributed by atoms with Crippen molar-refractivity contribution in [3.63, 3.8) is 0 Å². The molecule has 2 aromatic heterocycles. The molecule has 2 heterocycles. The average molecular weight is 287 g/mol. The number of H-pyrrole nitrogens is 2. The lowest BCUT2D eigenvalue weighted by Crippen LogP contribution is -1.80. The maximum absolute atomic E-state index is 4.60. The highest BCUT2D eigenvalue weighted by Crippen LogP contribution is 2.21. The van der Waals surface area contributed by atoms with E-state index in [0.29, 0.717) is 0 Å². The third kappa shape index (κ3) is 3.52. The van der Waals surface area contributed by atoms with Crippen LogP contribution >= 0.6 is 0 Å². The molecule has 0 unspecified atom stereocenters. The van der Waals surface area contributed by atoms with Crippen LogP contribution in [-0.4, -0.2) is 15.0 Å². The molecule has 0 saturated carbocycles. The monoisotopic (exact) mass is 287 g/mol. The highest BCUT2D eigenvalue weighted by molar-refractivity contribution is 5.64. The Balaban J connectivity index is 0.000000246. The number of aromatic amines is 2. The Labute approximate surface area is 129 Å². The van der Waals surface area contributed by atoms with E-state index in [-0.39, 0.29) is 0 Å². The van der Waals surface area contributed by atoms with E-state index in [2.05, 4.69) is 27.1 Å². The number of nitrogens with one attached hydrogen (secondary N) is 2. The van der Waals surface area contributed by atoms with Crippen molar-refractivity contribution < 1.29 is 0 Å². The summed E-state index contributed by atoms with van der Waals surface area (Å²) in [6.45, 7) is 0. The second kappa shape index (κ2) is 7.09. The van der Waals surface area contributed by atoms with Crippen LogP contribution in [0.3, 0.4) is 0 Å². The van der Waals surface area contributed by atoms with Crippen LogP contribution in [0.4, 0.5) is 0 Å². The molecular weight excluding hydrogens is 270 g/mol. The molecule has 108 valence electrons. The average Bonchev–Trinajstić information content (AvgIpc) is 3.31. The number of aromatic nitrogens is 3. The smallest absolute Gasteiger partial charge is 0.138 e. The van der Waals surface area contributed by atoms with Gasteiger partial charge in [0.05, 0.1) is 5.69 Å². The van der Waals surface area contributed by atoms with Gasteiger partial charge in [0, 0.05) is 29.7 Å². The molecule has 0 saturated heterocycles. The predicted molar refractivity (Wildman–Crippen MR) is 90.3 cm³/mol. The Morgan fingerprint density at radius 3 is 1.77 bits per heavy atom. The van der Waals surface area contributed by atoms with E-state index < -0.39 is 0 Å². The largest absolute Gasteiger partial charge is 0.368 e. The van der Waals surface area contributed by atoms with Gasteiger partial charge in [-0.3, -0.25) is 0 Å². The molecule has 4 aromatic rings. The van der Waals surface area contributed by atoms with E-state index in [4.69, 9.17) is 0 Å². The lowest BCUT2D eigenvalue weighted by Gasteiger charge is -1.95. The summed E-state index contributed by atoms with van der Waals surface area (Å²) in [7, 11) is 0. The molecule has 0 atom stereocenters. The highest BCUT2D eigenvalue weighted by atomic mass is 14.9. The summed E-state index contributed by atoms with van der Waals surface area (Å²) in [5.41, 5.74) is 3.21. The van der Waals surface area contributed by atoms with E-state index in [0.717, 1.165) is 22.6 Å². The number of imidazole rings is 1. The normalized spacial score (nSPS) is 9.82. The zero-order chi connectivity index (χ0) is 15.0. The minimum absolute atomic E-state index is 0.907. The van der Waals surface area contributed by atoms with Crippen molar-refractivity contribution in [1.82, 2.24) is 15.0 Å². The summed E-state index contributed by atoms with van der Waals surface area (Å²) in [6.07, 6.45) is 5.69. The maximum atomic E-state index is 4.60. The van der Waals surface area contributed by atoms with Crippen LogP contribution < -0.4 is 0 Å². The minimum atomic E-state index is 0.907. The summed E-state index contributed by atoms with van der Waals surface area (Å²) in [4.78, 5) is 10.7. The van der Waals surface area contributed by atoms with Crippen molar-refractivity contribution in [1.29, 1.82) is 0 Å². The Kier molecular flexibility index (Phi) is 4.47. The number of hydrogen-bond acceptors (Lipinski definition) is 1. The van der Waals surface area contributed by atoms with Gasteiger partial charge in [0.15, 0.2) is 0 Å². The zero-order valence-corrected chi connectivity index (χ0v) is 12.1. The first-order valence-electron chi connectivity index (χ1n) is 7.17. The molecule has 22 heavy (non-hydrogen) atoms. The molecule has 0 spiro atoms. The fourth-order valence-corrected chi connectivity index (χ4v) is 2.10. The van der Waals surface area contributed by atoms with Gasteiger partial charge < -0.3 is 9.97 Å². The van der Waals surface area contributed by atoms with Gasteiger partial charge in [-0.25, -0.2) is 4.98 Å². The minimum Gasteiger partial charge on any atom is -0.368 e. The Hall–Kier alpha value is -3.07. The molecule has 2 aromatic carbocycles. The molecule has 3 nitrogen and oxygen atoms in total. The van der Waals surface area contributed by atoms with Gasteiger partial charge in [-0.05, 0) is 12.1 Å². The van der Waals surface area contributed by atoms with Gasteiger partial charge in [-0.15, -0.1) is 0 Å². The second-order valence-corrected chi connectivity index (χ2v) is 4.75. The fraction of sp³-hybridized carbons (Fsp3) is 0. The lowest BCUT2D eigenvalue weighted by atomic mass is 10.2. The third-order valence-electron chi connectivity index (χ3n) is 3.19. The first-order chi connectivity index (χ1) is 10.9. The van der Waals surface area contributed by atoms with Crippen LogP contribution in [0.15, 0.2) is 91.4 Å². The van der Waals surface area contributed by atoms with Gasteiger partial charge >= 0.3 is 0 Å². The number of rotatable bonds is 2. The fourth-order valence-electron chi connectivity index (χ4n) is 2.10. The summed E-state index contributed by atoms with van der Waals surface area (Å²) in [6, 6.07) is 24.2. The van der Waals surface area contributed by atoms with E-state index >= 15 is 0 Å². The van der Waals surface area contributed by atoms with Crippen LogP contribution in [0.1, 0.15) is 0 Å². The van der Waals surface area contributed by atoms with Gasteiger partial charge in [-0.2, -0.15) is 0 Å². The van der Waals surface area contributed by atoms with Crippen molar-refractivity contribution in [3.05, 3.63) is 91.4 Å². The van der Waals surface area contributed by atoms with Crippen molar-refractivity contribution in [2.75, 3.05) is 0 Å². The van der Waals surface area contributed by atoms with Crippen LogP contribution in [0.25, 0.3) is 22.6 Å². The third-order valence-corrected chi connectivity index (χ3v) is 3.19. The molecule has 2 N–H and O–H groups in total. The SMILES string of the molecule is c1cc[nH]c1.c1ccc(-c2c[nH]c(-c3ccccc3)n2)cc1. The van der Waals surface area contributed by atoms with E-state index in [1.54, 1.807) is 0 Å². The summed E-state index contributed by atoms with van der Waals surface area (Å²) >= 11 is 0. The van der Waals surface area contributed by atoms with Crippen LogP contribution in [0.2, 0.25) is 0 Å². The van der Waals surface area contributed by atoms with Crippen LogP contribution in [0.5, 0.6) is 0 Å². The Morgan fingerprint density at radius 1 is 0.636 bits per heavy atom. The Morgan fingerprint density at radius 2 is 1.23 bits per heavy atom. The van der Waals surface area contributed by atoms with Gasteiger partial charge in [0.25, 0.3) is 0 Å². The summed E-state index contributed by atoms with van der Waals surface area (Å²) < 4.78 is 0. The first-order valence-corrected chi connectivity index (χ1v) is 7.17. The standard InChI is InChI=1S/C15H12N2.C4H5N/c1-3-7-12(8-4-1)14-11-16-15(17-14)13-9-5-2-6-10-13;1-2-4-5-3-1/h1-11H,(H,16,17);1-5H. The van der Waals surface area contributed by atoms with Crippen LogP contribution in [0, 0.1) is 0 Å². The Bertz CT molecular complexity index is 701. The van der Waals surface area contributed by atoms with Crippen molar-refractivity contribution in [2.45, 2.75) is 0 Å². The first kappa shape index (κ1) is 13.9. The number of hydrogen-bond donors (Lipinski definition) is 2. The molecule has 4 rings (SSSR count). The quantitative estimate of drug-likeness (QED) is 0.548. The molecular formula is C19H17N3. The molecule has 0 bridgehead atoms. The second-order valence-electron chi connectivity index (χ2n) is 4.75. The summed E-state index contributed by atoms with van der Waals surface area (Å²) in [5.74, 6) is 0.907. The number of nitrogens with zero attached hydrogens (tertiary/aromatic N) is 1. The van der Waals surface area contributed by atoms with Gasteiger partial charge in [0.1, 0.15) is 5.82 Å². The lowest BCUT2D eigenvalue weighted by molar-refractivity contribution is 1.31. The van der Waals surface area contributed by atoms with Crippen molar-refractivity contribution in [3.8, 4) is 22.6 Å². The molecule has 0 aliphatic rings. The highest BCUT2D eigenvalue weighted by Gasteiger charge is 2.04. The summed E-state index contributed by atoms with van der Waals surface area (Å²) in [5, 5.41) is 0. The van der Waals surface area contributed by atoms with E-state index in [1.807, 2.05) is 79.3 Å². The van der Waals surface area contributed by atoms with E-state index in [9.17, 15) is 0 Å². The topological polar surface area (TPSA) is 44.5 Å². The maximum Gasteiger partial charge on any atom is 0.138 e. The predicted octanol–water partition coefficient (Wildman–Crippen LogP) is 4.76. The zero-order valence-electron chi connectivity index (χ0n) is 12.1. The van der Waals surface area contributed by atoms with Gasteiger partial charge in [0.2, 0.25) is 0 Å². The molecule has 0 aliphatic heterocycles. The molecule has 0 amide bonds. The van der Waals surface area contributed by atoms with Crippen molar-refractivity contribution in [2.24, 2.45) is 0 Å². The molecule has 0 radical (unpaired) electrons. The van der Waals surface area contributed by atoms with Crippen molar-refractivity contribution >= 4 is 0 Å². The molecule has 3 heteroatoms. The van der Waals surface area contributed by atoms with Crippen LogP contribution in [-0.2, 0) is 0 Å². The number of benzene rings is 2.